The molecule has 1 heterocycles. The Morgan fingerprint density at radius 1 is 1.20 bits per heavy atom. The maximum absolute atomic E-state index is 14.0. The molecule has 2 aromatic carbocycles. The van der Waals surface area contributed by atoms with Gasteiger partial charge in [0.05, 0.1) is 35.0 Å². The van der Waals surface area contributed by atoms with E-state index < -0.39 is 23.0 Å². The number of methoxy groups -OCH3 is 1. The summed E-state index contributed by atoms with van der Waals surface area (Å²) in [6.07, 6.45) is 0. The van der Waals surface area contributed by atoms with Crippen molar-refractivity contribution in [2.75, 3.05) is 19.5 Å². The molecule has 7 nitrogen and oxygen atoms in total. The van der Waals surface area contributed by atoms with Gasteiger partial charge >= 0.3 is 11.7 Å². The van der Waals surface area contributed by atoms with Crippen LogP contribution in [0.4, 0.5) is 10.1 Å². The number of nitrogens with zero attached hydrogens (tertiary/aromatic N) is 1. The number of ether oxygens (including phenoxy) is 1. The van der Waals surface area contributed by atoms with E-state index in [2.05, 4.69) is 15.0 Å². The molecule has 0 bridgehead atoms. The van der Waals surface area contributed by atoms with Crippen molar-refractivity contribution in [3.8, 4) is 5.69 Å². The fourth-order valence-electron chi connectivity index (χ4n) is 2.53. The number of hydrogen-bond acceptors (Lipinski definition) is 5. The zero-order valence-electron chi connectivity index (χ0n) is 13.4. The molecule has 3 aromatic rings. The molecule has 0 aliphatic carbocycles. The van der Waals surface area contributed by atoms with Crippen molar-refractivity contribution in [1.82, 2.24) is 9.55 Å². The summed E-state index contributed by atoms with van der Waals surface area (Å²) in [7, 11) is 2.79. The van der Waals surface area contributed by atoms with Crippen molar-refractivity contribution in [2.24, 2.45) is 0 Å². The van der Waals surface area contributed by atoms with Crippen LogP contribution < -0.4 is 16.6 Å². The van der Waals surface area contributed by atoms with E-state index in [0.29, 0.717) is 0 Å². The standard InChI is InChI=1S/C17H14FN3O4/c1-19-14-8-13-11(7-12(14)18)15(22)21(17(24)20-13)10-5-3-9(4-6-10)16(23)25-2/h3-8,19H,1-2H3,(H,20,24). The lowest BCUT2D eigenvalue weighted by atomic mass is 10.2. The van der Waals surface area contributed by atoms with Gasteiger partial charge in [0.25, 0.3) is 5.56 Å². The van der Waals surface area contributed by atoms with Gasteiger partial charge in [-0.2, -0.15) is 0 Å². The molecule has 25 heavy (non-hydrogen) atoms. The predicted octanol–water partition coefficient (Wildman–Crippen LogP) is 1.65. The Labute approximate surface area is 140 Å². The van der Waals surface area contributed by atoms with Crippen molar-refractivity contribution in [1.29, 1.82) is 0 Å². The summed E-state index contributed by atoms with van der Waals surface area (Å²) in [5.74, 6) is -1.14. The highest BCUT2D eigenvalue weighted by Gasteiger charge is 2.13. The number of H-pyrrole nitrogens is 1. The van der Waals surface area contributed by atoms with Crippen LogP contribution in [0.3, 0.4) is 0 Å². The van der Waals surface area contributed by atoms with Crippen LogP contribution in [0.1, 0.15) is 10.4 Å². The Balaban J connectivity index is 2.22. The number of aromatic nitrogens is 2. The molecule has 0 saturated heterocycles. The van der Waals surface area contributed by atoms with Gasteiger partial charge in [0.1, 0.15) is 5.82 Å². The average molecular weight is 343 g/mol. The predicted molar refractivity (Wildman–Crippen MR) is 91.0 cm³/mol. The third kappa shape index (κ3) is 2.78. The highest BCUT2D eigenvalue weighted by molar-refractivity contribution is 5.89. The molecule has 128 valence electrons. The molecule has 0 amide bonds. The van der Waals surface area contributed by atoms with Crippen LogP contribution in [-0.2, 0) is 4.74 Å². The molecule has 0 radical (unpaired) electrons. The van der Waals surface area contributed by atoms with Crippen LogP contribution in [0.25, 0.3) is 16.6 Å². The van der Waals surface area contributed by atoms with Crippen molar-refractivity contribution in [3.05, 3.63) is 68.6 Å². The number of carbonyl (C=O) groups excluding carboxylic acids is 1. The van der Waals surface area contributed by atoms with E-state index >= 15 is 0 Å². The topological polar surface area (TPSA) is 93.2 Å². The molecule has 0 aliphatic heterocycles. The maximum Gasteiger partial charge on any atom is 0.337 e. The van der Waals surface area contributed by atoms with Gasteiger partial charge < -0.3 is 15.0 Å². The van der Waals surface area contributed by atoms with E-state index in [0.717, 1.165) is 10.6 Å². The lowest BCUT2D eigenvalue weighted by molar-refractivity contribution is 0.0600. The fraction of sp³-hybridized carbons (Fsp3) is 0.118. The molecule has 0 atom stereocenters. The Kier molecular flexibility index (Phi) is 4.10. The number of anilines is 1. The minimum atomic E-state index is -0.669. The summed E-state index contributed by atoms with van der Waals surface area (Å²) in [5, 5.41) is 2.68. The minimum absolute atomic E-state index is 0.0353. The molecule has 0 spiro atoms. The highest BCUT2D eigenvalue weighted by Crippen LogP contribution is 2.18. The van der Waals surface area contributed by atoms with E-state index in [1.54, 1.807) is 0 Å². The van der Waals surface area contributed by atoms with Gasteiger partial charge in [0.2, 0.25) is 0 Å². The first-order chi connectivity index (χ1) is 12.0. The summed E-state index contributed by atoms with van der Waals surface area (Å²) in [4.78, 5) is 39.0. The molecule has 0 fully saturated rings. The fourth-order valence-corrected chi connectivity index (χ4v) is 2.53. The Morgan fingerprint density at radius 2 is 1.88 bits per heavy atom. The van der Waals surface area contributed by atoms with Gasteiger partial charge in [-0.05, 0) is 36.4 Å². The first-order valence-corrected chi connectivity index (χ1v) is 7.31. The Bertz CT molecular complexity index is 1080. The number of carbonyl (C=O) groups is 1. The summed E-state index contributed by atoms with van der Waals surface area (Å²) in [6, 6.07) is 8.17. The van der Waals surface area contributed by atoms with Gasteiger partial charge in [-0.1, -0.05) is 0 Å². The summed E-state index contributed by atoms with van der Waals surface area (Å²) < 4.78 is 19.4. The number of esters is 1. The number of hydrogen-bond donors (Lipinski definition) is 2. The zero-order chi connectivity index (χ0) is 18.1. The molecular formula is C17H14FN3O4. The molecule has 1 aromatic heterocycles. The number of fused-ring (bicyclic) bond motifs is 1. The van der Waals surface area contributed by atoms with Gasteiger partial charge in [-0.25, -0.2) is 18.5 Å². The monoisotopic (exact) mass is 343 g/mol. The Morgan fingerprint density at radius 3 is 2.48 bits per heavy atom. The molecule has 2 N–H and O–H groups in total. The van der Waals surface area contributed by atoms with E-state index in [9.17, 15) is 18.8 Å². The third-order valence-corrected chi connectivity index (χ3v) is 3.80. The summed E-state index contributed by atoms with van der Waals surface area (Å²) in [5.41, 5.74) is -0.408. The molecule has 0 saturated carbocycles. The van der Waals surface area contributed by atoms with Crippen molar-refractivity contribution in [3.63, 3.8) is 0 Å². The van der Waals surface area contributed by atoms with Crippen LogP contribution in [0.5, 0.6) is 0 Å². The third-order valence-electron chi connectivity index (χ3n) is 3.80. The minimum Gasteiger partial charge on any atom is -0.465 e. The molecule has 8 heteroatoms. The highest BCUT2D eigenvalue weighted by atomic mass is 19.1. The largest absolute Gasteiger partial charge is 0.465 e. The van der Waals surface area contributed by atoms with Gasteiger partial charge in [-0.3, -0.25) is 4.79 Å². The molecular weight excluding hydrogens is 329 g/mol. The van der Waals surface area contributed by atoms with Crippen molar-refractivity contribution >= 4 is 22.6 Å². The Hall–Kier alpha value is -3.42. The maximum atomic E-state index is 14.0. The van der Waals surface area contributed by atoms with Crippen molar-refractivity contribution in [2.45, 2.75) is 0 Å². The second-order valence-electron chi connectivity index (χ2n) is 5.24. The number of benzene rings is 2. The number of aromatic amines is 1. The average Bonchev–Trinajstić information content (AvgIpc) is 2.62. The van der Waals surface area contributed by atoms with E-state index in [-0.39, 0.29) is 27.8 Å². The van der Waals surface area contributed by atoms with Gasteiger partial charge in [0.15, 0.2) is 0 Å². The first kappa shape index (κ1) is 16.4. The first-order valence-electron chi connectivity index (χ1n) is 7.31. The van der Waals surface area contributed by atoms with E-state index in [4.69, 9.17) is 0 Å². The molecule has 0 aliphatic rings. The molecule has 3 rings (SSSR count). The van der Waals surface area contributed by atoms with Crippen LogP contribution >= 0.6 is 0 Å². The van der Waals surface area contributed by atoms with Crippen LogP contribution in [-0.4, -0.2) is 29.7 Å². The number of halogens is 1. The van der Waals surface area contributed by atoms with Crippen LogP contribution in [0.2, 0.25) is 0 Å². The van der Waals surface area contributed by atoms with E-state index in [1.165, 1.54) is 44.5 Å². The summed E-state index contributed by atoms with van der Waals surface area (Å²) in [6.45, 7) is 0. The normalized spacial score (nSPS) is 10.7. The van der Waals surface area contributed by atoms with Crippen molar-refractivity contribution < 1.29 is 13.9 Å². The second-order valence-corrected chi connectivity index (χ2v) is 5.24. The van der Waals surface area contributed by atoms with Crippen LogP contribution in [0.15, 0.2) is 46.0 Å². The van der Waals surface area contributed by atoms with Gasteiger partial charge in [-0.15, -0.1) is 0 Å². The SMILES string of the molecule is CNc1cc2[nH]c(=O)n(-c3ccc(C(=O)OC)cc3)c(=O)c2cc1F. The zero-order valence-corrected chi connectivity index (χ0v) is 13.4. The lowest BCUT2D eigenvalue weighted by Gasteiger charge is -2.09. The second kappa shape index (κ2) is 6.23. The quantitative estimate of drug-likeness (QED) is 0.705. The summed E-state index contributed by atoms with van der Waals surface area (Å²) >= 11 is 0. The van der Waals surface area contributed by atoms with Gasteiger partial charge in [0, 0.05) is 7.05 Å². The van der Waals surface area contributed by atoms with E-state index in [1.807, 2.05) is 0 Å². The molecule has 0 unspecified atom stereocenters. The smallest absolute Gasteiger partial charge is 0.337 e. The number of nitrogens with one attached hydrogen (secondary N) is 2. The lowest BCUT2D eigenvalue weighted by Crippen LogP contribution is -2.33. The van der Waals surface area contributed by atoms with Crippen LogP contribution in [0, 0.1) is 5.82 Å². The number of rotatable bonds is 3.